The van der Waals surface area contributed by atoms with Crippen molar-refractivity contribution in [3.63, 3.8) is 0 Å². The Morgan fingerprint density at radius 1 is 1.23 bits per heavy atom. The van der Waals surface area contributed by atoms with E-state index in [0.29, 0.717) is 24.3 Å². The Hall–Kier alpha value is -1.67. The minimum absolute atomic E-state index is 0.116. The predicted molar refractivity (Wildman–Crippen MR) is 91.7 cm³/mol. The van der Waals surface area contributed by atoms with E-state index in [2.05, 4.69) is 45.0 Å². The highest BCUT2D eigenvalue weighted by atomic mass is 16.3. The summed E-state index contributed by atoms with van der Waals surface area (Å²) in [5.41, 5.74) is 4.29. The molecule has 2 rings (SSSR count). The SMILES string of the molecule is CCC1CC(=O)C(=CCC=Cc2cc(C)cc(C)c2)C(O)C1. The van der Waals surface area contributed by atoms with Crippen molar-refractivity contribution in [1.82, 2.24) is 0 Å². The summed E-state index contributed by atoms with van der Waals surface area (Å²) in [5, 5.41) is 10.1. The van der Waals surface area contributed by atoms with Gasteiger partial charge in [0.15, 0.2) is 5.78 Å². The lowest BCUT2D eigenvalue weighted by atomic mass is 9.81. The minimum Gasteiger partial charge on any atom is -0.388 e. The van der Waals surface area contributed by atoms with Gasteiger partial charge in [-0.15, -0.1) is 0 Å². The number of aliphatic hydroxyl groups excluding tert-OH is 1. The number of hydrogen-bond acceptors (Lipinski definition) is 2. The molecule has 1 N–H and O–H groups in total. The molecule has 2 unspecified atom stereocenters. The van der Waals surface area contributed by atoms with Crippen molar-refractivity contribution in [2.75, 3.05) is 0 Å². The van der Waals surface area contributed by atoms with Gasteiger partial charge in [0.2, 0.25) is 0 Å². The lowest BCUT2D eigenvalue weighted by Gasteiger charge is -2.26. The fourth-order valence-corrected chi connectivity index (χ4v) is 3.16. The molecule has 1 aliphatic carbocycles. The molecule has 0 aromatic heterocycles. The second-order valence-electron chi connectivity index (χ2n) is 6.37. The number of ketones is 1. The topological polar surface area (TPSA) is 37.3 Å². The Balaban J connectivity index is 1.99. The van der Waals surface area contributed by atoms with Gasteiger partial charge in [-0.3, -0.25) is 4.79 Å². The van der Waals surface area contributed by atoms with E-state index in [1.807, 2.05) is 12.2 Å². The molecule has 0 aliphatic heterocycles. The van der Waals surface area contributed by atoms with Crippen molar-refractivity contribution in [2.45, 2.75) is 52.6 Å². The van der Waals surface area contributed by atoms with Crippen LogP contribution >= 0.6 is 0 Å². The van der Waals surface area contributed by atoms with E-state index in [9.17, 15) is 9.90 Å². The largest absolute Gasteiger partial charge is 0.388 e. The van der Waals surface area contributed by atoms with Gasteiger partial charge in [0, 0.05) is 12.0 Å². The van der Waals surface area contributed by atoms with Crippen molar-refractivity contribution in [3.8, 4) is 0 Å². The summed E-state index contributed by atoms with van der Waals surface area (Å²) < 4.78 is 0. The lowest BCUT2D eigenvalue weighted by Crippen LogP contribution is -2.29. The van der Waals surface area contributed by atoms with Gasteiger partial charge in [-0.2, -0.15) is 0 Å². The molecule has 0 spiro atoms. The molecule has 2 atom stereocenters. The molecule has 0 radical (unpaired) electrons. The van der Waals surface area contributed by atoms with Gasteiger partial charge in [0.1, 0.15) is 0 Å². The molecular weight excluding hydrogens is 272 g/mol. The molecule has 0 saturated heterocycles. The smallest absolute Gasteiger partial charge is 0.161 e. The number of carbonyl (C=O) groups is 1. The number of Topliss-reactive ketones (excluding diaryl/α,β-unsaturated/α-hetero) is 1. The maximum absolute atomic E-state index is 12.1. The van der Waals surface area contributed by atoms with Crippen LogP contribution in [0.4, 0.5) is 0 Å². The average Bonchev–Trinajstić information content (AvgIpc) is 2.44. The van der Waals surface area contributed by atoms with Gasteiger partial charge in [-0.1, -0.05) is 60.9 Å². The highest BCUT2D eigenvalue weighted by molar-refractivity contribution is 5.97. The van der Waals surface area contributed by atoms with Crippen LogP contribution in [0, 0.1) is 19.8 Å². The molecule has 0 heterocycles. The van der Waals surface area contributed by atoms with Crippen LogP contribution in [0.25, 0.3) is 6.08 Å². The fraction of sp³-hybridized carbons (Fsp3) is 0.450. The molecule has 1 aromatic carbocycles. The normalized spacial score (nSPS) is 24.4. The average molecular weight is 298 g/mol. The Bertz CT molecular complexity index is 575. The van der Waals surface area contributed by atoms with Crippen LogP contribution < -0.4 is 0 Å². The van der Waals surface area contributed by atoms with Gasteiger partial charge in [0.05, 0.1) is 6.10 Å². The van der Waals surface area contributed by atoms with Gasteiger partial charge >= 0.3 is 0 Å². The first kappa shape index (κ1) is 16.7. The second-order valence-corrected chi connectivity index (χ2v) is 6.37. The quantitative estimate of drug-likeness (QED) is 0.837. The summed E-state index contributed by atoms with van der Waals surface area (Å²) in [5.74, 6) is 0.455. The summed E-state index contributed by atoms with van der Waals surface area (Å²) in [6, 6.07) is 6.44. The third-order valence-corrected chi connectivity index (χ3v) is 4.32. The summed E-state index contributed by atoms with van der Waals surface area (Å²) in [6.07, 6.45) is 8.37. The molecule has 2 nitrogen and oxygen atoms in total. The Labute approximate surface area is 133 Å². The van der Waals surface area contributed by atoms with Crippen LogP contribution in [0.2, 0.25) is 0 Å². The van der Waals surface area contributed by atoms with E-state index in [1.165, 1.54) is 16.7 Å². The Morgan fingerprint density at radius 3 is 2.50 bits per heavy atom. The van der Waals surface area contributed by atoms with Gasteiger partial charge in [0.25, 0.3) is 0 Å². The van der Waals surface area contributed by atoms with E-state index in [1.54, 1.807) is 0 Å². The van der Waals surface area contributed by atoms with Crippen LogP contribution in [-0.4, -0.2) is 17.0 Å². The summed E-state index contributed by atoms with van der Waals surface area (Å²) in [7, 11) is 0. The van der Waals surface area contributed by atoms with Crippen molar-refractivity contribution < 1.29 is 9.90 Å². The zero-order valence-corrected chi connectivity index (χ0v) is 13.8. The number of allylic oxidation sites excluding steroid dienone is 2. The van der Waals surface area contributed by atoms with E-state index < -0.39 is 6.10 Å². The van der Waals surface area contributed by atoms with Crippen molar-refractivity contribution in [2.24, 2.45) is 5.92 Å². The maximum atomic E-state index is 12.1. The maximum Gasteiger partial charge on any atom is 0.161 e. The number of hydrogen-bond donors (Lipinski definition) is 1. The van der Waals surface area contributed by atoms with E-state index in [0.717, 1.165) is 12.8 Å². The van der Waals surface area contributed by atoms with E-state index in [4.69, 9.17) is 0 Å². The Kier molecular flexibility index (Phi) is 5.73. The first-order valence-corrected chi connectivity index (χ1v) is 8.15. The molecule has 22 heavy (non-hydrogen) atoms. The van der Waals surface area contributed by atoms with E-state index >= 15 is 0 Å². The Morgan fingerprint density at radius 2 is 1.91 bits per heavy atom. The zero-order valence-electron chi connectivity index (χ0n) is 13.8. The minimum atomic E-state index is -0.583. The molecule has 0 bridgehead atoms. The van der Waals surface area contributed by atoms with Gasteiger partial charge in [-0.25, -0.2) is 0 Å². The number of carbonyl (C=O) groups excluding carboxylic acids is 1. The standard InChI is InChI=1S/C20H26O2/c1-4-16-12-19(21)18(20(22)13-16)8-6-5-7-17-10-14(2)9-15(3)11-17/h5,7-11,16,19,21H,4,6,12-13H2,1-3H3. The number of rotatable bonds is 4. The molecule has 1 saturated carbocycles. The first-order valence-electron chi connectivity index (χ1n) is 8.15. The summed E-state index contributed by atoms with van der Waals surface area (Å²) in [4.78, 5) is 12.1. The summed E-state index contributed by atoms with van der Waals surface area (Å²) >= 11 is 0. The third kappa shape index (κ3) is 4.41. The molecule has 1 fully saturated rings. The molecule has 0 amide bonds. The number of benzene rings is 1. The van der Waals surface area contributed by atoms with Crippen molar-refractivity contribution in [3.05, 3.63) is 52.6 Å². The monoisotopic (exact) mass is 298 g/mol. The van der Waals surface area contributed by atoms with Crippen LogP contribution in [0.15, 0.2) is 35.9 Å². The fourth-order valence-electron chi connectivity index (χ4n) is 3.16. The van der Waals surface area contributed by atoms with Crippen LogP contribution in [-0.2, 0) is 4.79 Å². The highest BCUT2D eigenvalue weighted by Crippen LogP contribution is 2.28. The molecular formula is C20H26O2. The number of aliphatic hydroxyl groups is 1. The second kappa shape index (κ2) is 7.55. The van der Waals surface area contributed by atoms with E-state index in [-0.39, 0.29) is 5.78 Å². The van der Waals surface area contributed by atoms with Crippen LogP contribution in [0.5, 0.6) is 0 Å². The van der Waals surface area contributed by atoms with Crippen molar-refractivity contribution >= 4 is 11.9 Å². The molecule has 1 aliphatic rings. The van der Waals surface area contributed by atoms with Crippen molar-refractivity contribution in [1.29, 1.82) is 0 Å². The van der Waals surface area contributed by atoms with Gasteiger partial charge in [-0.05, 0) is 38.2 Å². The zero-order chi connectivity index (χ0) is 16.1. The number of aryl methyl sites for hydroxylation is 2. The lowest BCUT2D eigenvalue weighted by molar-refractivity contribution is -0.119. The molecule has 1 aromatic rings. The van der Waals surface area contributed by atoms with Crippen LogP contribution in [0.1, 0.15) is 49.3 Å². The van der Waals surface area contributed by atoms with Crippen LogP contribution in [0.3, 0.4) is 0 Å². The predicted octanol–water partition coefficient (Wildman–Crippen LogP) is 4.38. The molecule has 2 heteroatoms. The van der Waals surface area contributed by atoms with Gasteiger partial charge < -0.3 is 5.11 Å². The highest BCUT2D eigenvalue weighted by Gasteiger charge is 2.29. The first-order chi connectivity index (χ1) is 10.5. The summed E-state index contributed by atoms with van der Waals surface area (Å²) in [6.45, 7) is 6.26. The molecule has 118 valence electrons. The third-order valence-electron chi connectivity index (χ3n) is 4.32.